The molecule has 21 heavy (non-hydrogen) atoms. The standard InChI is InChI=1S/C14H13N3O3S/c1-9-5-6-15-13(7-9)16-14(18)11-8-10(21-2)3-4-12(11)17(19)20/h3-8H,1-2H3,(H,15,16,18). The van der Waals surface area contributed by atoms with Gasteiger partial charge < -0.3 is 5.32 Å². The van der Waals surface area contributed by atoms with Gasteiger partial charge in [-0.05, 0) is 43.0 Å². The van der Waals surface area contributed by atoms with E-state index in [0.717, 1.165) is 10.5 Å². The van der Waals surface area contributed by atoms with E-state index in [4.69, 9.17) is 0 Å². The van der Waals surface area contributed by atoms with Crippen LogP contribution in [-0.4, -0.2) is 22.1 Å². The fourth-order valence-electron chi connectivity index (χ4n) is 1.77. The molecule has 1 aromatic carbocycles. The van der Waals surface area contributed by atoms with Crippen LogP contribution < -0.4 is 5.32 Å². The number of benzene rings is 1. The molecule has 7 heteroatoms. The van der Waals surface area contributed by atoms with E-state index in [9.17, 15) is 14.9 Å². The number of hydrogen-bond donors (Lipinski definition) is 1. The third-order valence-corrected chi connectivity index (χ3v) is 3.53. The highest BCUT2D eigenvalue weighted by atomic mass is 32.2. The van der Waals surface area contributed by atoms with Crippen LogP contribution in [0.3, 0.4) is 0 Å². The van der Waals surface area contributed by atoms with Crippen molar-refractivity contribution in [2.45, 2.75) is 11.8 Å². The molecule has 0 saturated heterocycles. The van der Waals surface area contributed by atoms with Gasteiger partial charge >= 0.3 is 0 Å². The zero-order valence-corrected chi connectivity index (χ0v) is 12.3. The zero-order chi connectivity index (χ0) is 15.4. The summed E-state index contributed by atoms with van der Waals surface area (Å²) in [5.41, 5.74) is 0.737. The fraction of sp³-hybridized carbons (Fsp3) is 0.143. The van der Waals surface area contributed by atoms with Crippen LogP contribution in [0.2, 0.25) is 0 Å². The average Bonchev–Trinajstić information content (AvgIpc) is 2.46. The van der Waals surface area contributed by atoms with Gasteiger partial charge in [-0.25, -0.2) is 4.98 Å². The molecule has 2 aromatic rings. The van der Waals surface area contributed by atoms with E-state index in [1.807, 2.05) is 13.2 Å². The molecule has 0 aliphatic carbocycles. The molecule has 0 spiro atoms. The van der Waals surface area contributed by atoms with Crippen LogP contribution >= 0.6 is 11.8 Å². The normalized spacial score (nSPS) is 10.2. The van der Waals surface area contributed by atoms with Gasteiger partial charge in [-0.15, -0.1) is 11.8 Å². The summed E-state index contributed by atoms with van der Waals surface area (Å²) in [7, 11) is 0. The molecule has 0 aliphatic rings. The van der Waals surface area contributed by atoms with Crippen molar-refractivity contribution in [3.63, 3.8) is 0 Å². The summed E-state index contributed by atoms with van der Waals surface area (Å²) in [4.78, 5) is 27.5. The summed E-state index contributed by atoms with van der Waals surface area (Å²) in [5, 5.41) is 13.6. The van der Waals surface area contributed by atoms with Gasteiger partial charge in [-0.3, -0.25) is 14.9 Å². The summed E-state index contributed by atoms with van der Waals surface area (Å²) < 4.78 is 0. The maximum atomic E-state index is 12.3. The smallest absolute Gasteiger partial charge is 0.282 e. The second kappa shape index (κ2) is 6.36. The molecular weight excluding hydrogens is 290 g/mol. The second-order valence-corrected chi connectivity index (χ2v) is 5.19. The number of nitro benzene ring substituents is 1. The van der Waals surface area contributed by atoms with Crippen LogP contribution in [0.15, 0.2) is 41.4 Å². The van der Waals surface area contributed by atoms with Crippen molar-refractivity contribution in [2.24, 2.45) is 0 Å². The number of carbonyl (C=O) groups excluding carboxylic acids is 1. The minimum atomic E-state index is -0.567. The third kappa shape index (κ3) is 3.57. The number of hydrogen-bond acceptors (Lipinski definition) is 5. The van der Waals surface area contributed by atoms with Crippen molar-refractivity contribution in [3.8, 4) is 0 Å². The molecule has 108 valence electrons. The number of carbonyl (C=O) groups is 1. The molecule has 6 nitrogen and oxygen atoms in total. The van der Waals surface area contributed by atoms with Crippen molar-refractivity contribution >= 4 is 29.2 Å². The van der Waals surface area contributed by atoms with E-state index in [0.29, 0.717) is 5.82 Å². The summed E-state index contributed by atoms with van der Waals surface area (Å²) in [6.45, 7) is 1.87. The minimum Gasteiger partial charge on any atom is -0.306 e. The Hall–Kier alpha value is -2.41. The number of amides is 1. The molecule has 0 bridgehead atoms. The fourth-order valence-corrected chi connectivity index (χ4v) is 2.21. The number of anilines is 1. The molecular formula is C14H13N3O3S. The van der Waals surface area contributed by atoms with Crippen molar-refractivity contribution in [1.29, 1.82) is 0 Å². The van der Waals surface area contributed by atoms with Crippen LogP contribution in [0.1, 0.15) is 15.9 Å². The lowest BCUT2D eigenvalue weighted by Crippen LogP contribution is -2.15. The van der Waals surface area contributed by atoms with Gasteiger partial charge in [-0.1, -0.05) is 0 Å². The summed E-state index contributed by atoms with van der Waals surface area (Å²) in [5.74, 6) is -0.181. The van der Waals surface area contributed by atoms with Crippen molar-refractivity contribution in [3.05, 3.63) is 57.8 Å². The summed E-state index contributed by atoms with van der Waals surface area (Å²) >= 11 is 1.41. The first-order chi connectivity index (χ1) is 10.0. The predicted molar refractivity (Wildman–Crippen MR) is 81.8 cm³/mol. The molecule has 1 amide bonds. The number of nitrogens with zero attached hydrogens (tertiary/aromatic N) is 2. The van der Waals surface area contributed by atoms with E-state index in [2.05, 4.69) is 10.3 Å². The second-order valence-electron chi connectivity index (χ2n) is 4.31. The zero-order valence-electron chi connectivity index (χ0n) is 11.5. The summed E-state index contributed by atoms with van der Waals surface area (Å²) in [6, 6.07) is 7.96. The van der Waals surface area contributed by atoms with Crippen LogP contribution in [0.5, 0.6) is 0 Å². The van der Waals surface area contributed by atoms with Crippen LogP contribution in [0.4, 0.5) is 11.5 Å². The quantitative estimate of drug-likeness (QED) is 0.532. The van der Waals surface area contributed by atoms with Gasteiger partial charge in [0.25, 0.3) is 11.6 Å². The highest BCUT2D eigenvalue weighted by Gasteiger charge is 2.21. The van der Waals surface area contributed by atoms with Crippen molar-refractivity contribution in [2.75, 3.05) is 11.6 Å². The largest absolute Gasteiger partial charge is 0.306 e. The molecule has 1 heterocycles. The predicted octanol–water partition coefficient (Wildman–Crippen LogP) is 3.27. The monoisotopic (exact) mass is 303 g/mol. The van der Waals surface area contributed by atoms with Gasteiger partial charge in [0.1, 0.15) is 11.4 Å². The Balaban J connectivity index is 2.35. The van der Waals surface area contributed by atoms with Gasteiger partial charge in [0.15, 0.2) is 0 Å². The van der Waals surface area contributed by atoms with Crippen molar-refractivity contribution < 1.29 is 9.72 Å². The number of pyridine rings is 1. The first kappa shape index (κ1) is 15.0. The van der Waals surface area contributed by atoms with Gasteiger partial charge in [-0.2, -0.15) is 0 Å². The lowest BCUT2D eigenvalue weighted by Gasteiger charge is -2.07. The molecule has 1 aromatic heterocycles. The number of nitrogens with one attached hydrogen (secondary N) is 1. The Morgan fingerprint density at radius 3 is 2.71 bits per heavy atom. The maximum Gasteiger partial charge on any atom is 0.282 e. The third-order valence-electron chi connectivity index (χ3n) is 2.80. The molecule has 2 rings (SSSR count). The molecule has 0 aliphatic heterocycles. The lowest BCUT2D eigenvalue weighted by molar-refractivity contribution is -0.385. The van der Waals surface area contributed by atoms with Crippen LogP contribution in [0.25, 0.3) is 0 Å². The topological polar surface area (TPSA) is 85.1 Å². The van der Waals surface area contributed by atoms with Crippen molar-refractivity contribution in [1.82, 2.24) is 4.98 Å². The van der Waals surface area contributed by atoms with Crippen LogP contribution in [-0.2, 0) is 0 Å². The molecule has 0 radical (unpaired) electrons. The van der Waals surface area contributed by atoms with Gasteiger partial charge in [0.2, 0.25) is 0 Å². The first-order valence-corrected chi connectivity index (χ1v) is 7.30. The average molecular weight is 303 g/mol. The Morgan fingerprint density at radius 1 is 1.33 bits per heavy atom. The molecule has 0 unspecified atom stereocenters. The Morgan fingerprint density at radius 2 is 2.10 bits per heavy atom. The molecule has 0 saturated carbocycles. The Labute approximate surface area is 125 Å². The number of nitro groups is 1. The minimum absolute atomic E-state index is 0.0233. The highest BCUT2D eigenvalue weighted by molar-refractivity contribution is 7.98. The SMILES string of the molecule is CSc1ccc([N+](=O)[O-])c(C(=O)Nc2cc(C)ccn2)c1. The van der Waals surface area contributed by atoms with E-state index in [-0.39, 0.29) is 11.3 Å². The number of thioether (sulfide) groups is 1. The van der Waals surface area contributed by atoms with Gasteiger partial charge in [0, 0.05) is 17.2 Å². The summed E-state index contributed by atoms with van der Waals surface area (Å²) in [6.07, 6.45) is 3.41. The van der Waals surface area contributed by atoms with E-state index in [1.54, 1.807) is 24.4 Å². The number of rotatable bonds is 4. The van der Waals surface area contributed by atoms with E-state index >= 15 is 0 Å². The first-order valence-electron chi connectivity index (χ1n) is 6.07. The Bertz CT molecular complexity index is 704. The van der Waals surface area contributed by atoms with E-state index < -0.39 is 10.8 Å². The molecule has 0 fully saturated rings. The van der Waals surface area contributed by atoms with Crippen LogP contribution in [0, 0.1) is 17.0 Å². The number of aryl methyl sites for hydroxylation is 1. The van der Waals surface area contributed by atoms with Gasteiger partial charge in [0.05, 0.1) is 4.92 Å². The Kier molecular flexibility index (Phi) is 4.54. The molecule has 1 N–H and O–H groups in total. The lowest BCUT2D eigenvalue weighted by atomic mass is 10.1. The maximum absolute atomic E-state index is 12.3. The number of aromatic nitrogens is 1. The van der Waals surface area contributed by atoms with E-state index in [1.165, 1.54) is 23.9 Å². The highest BCUT2D eigenvalue weighted by Crippen LogP contribution is 2.25. The molecule has 0 atom stereocenters.